The number of thioether (sulfide) groups is 1. The smallest absolute Gasteiger partial charge is 0.282 e. The van der Waals surface area contributed by atoms with E-state index in [2.05, 4.69) is 5.32 Å². The van der Waals surface area contributed by atoms with Gasteiger partial charge >= 0.3 is 0 Å². The van der Waals surface area contributed by atoms with Crippen molar-refractivity contribution in [3.05, 3.63) is 33.9 Å². The molecule has 1 rings (SSSR count). The lowest BCUT2D eigenvalue weighted by molar-refractivity contribution is -0.385. The molecule has 0 aliphatic carbocycles. The molecular formula is C11H14N2O4S. The summed E-state index contributed by atoms with van der Waals surface area (Å²) in [4.78, 5) is 22.8. The van der Waals surface area contributed by atoms with Crippen molar-refractivity contribution in [3.63, 3.8) is 0 Å². The summed E-state index contributed by atoms with van der Waals surface area (Å²) in [6.45, 7) is 1.58. The topological polar surface area (TPSA) is 92.5 Å². The van der Waals surface area contributed by atoms with Crippen LogP contribution in [-0.2, 0) is 0 Å². The Balaban J connectivity index is 3.03. The number of hydrogen-bond acceptors (Lipinski definition) is 5. The van der Waals surface area contributed by atoms with Gasteiger partial charge in [0.05, 0.1) is 11.0 Å². The van der Waals surface area contributed by atoms with E-state index < -0.39 is 16.9 Å². The van der Waals surface area contributed by atoms with Crippen LogP contribution in [0.1, 0.15) is 17.3 Å². The standard InChI is InChI=1S/C11H14N2O4S/c1-7(14)6-12-11(15)9-5-8(18-2)3-4-10(9)13(16)17/h3-5,7,14H,6H2,1-2H3,(H,12,15). The van der Waals surface area contributed by atoms with E-state index in [1.807, 2.05) is 6.26 Å². The molecule has 1 aromatic carbocycles. The molecule has 0 radical (unpaired) electrons. The van der Waals surface area contributed by atoms with Gasteiger partial charge in [-0.3, -0.25) is 14.9 Å². The number of amides is 1. The molecule has 0 saturated heterocycles. The zero-order valence-electron chi connectivity index (χ0n) is 10.0. The van der Waals surface area contributed by atoms with Crippen LogP contribution in [0.2, 0.25) is 0 Å². The van der Waals surface area contributed by atoms with Crippen LogP contribution in [0.15, 0.2) is 23.1 Å². The summed E-state index contributed by atoms with van der Waals surface area (Å²) in [5.41, 5.74) is -0.233. The molecule has 2 N–H and O–H groups in total. The minimum atomic E-state index is -0.697. The van der Waals surface area contributed by atoms with Crippen molar-refractivity contribution >= 4 is 23.4 Å². The van der Waals surface area contributed by atoms with Crippen LogP contribution in [-0.4, -0.2) is 34.8 Å². The fourth-order valence-corrected chi connectivity index (χ4v) is 1.76. The third-order valence-electron chi connectivity index (χ3n) is 2.20. The largest absolute Gasteiger partial charge is 0.392 e. The van der Waals surface area contributed by atoms with Gasteiger partial charge in [-0.25, -0.2) is 0 Å². The predicted octanol–water partition coefficient (Wildman–Crippen LogP) is 1.43. The second-order valence-corrected chi connectivity index (χ2v) is 4.58. The molecule has 0 heterocycles. The van der Waals surface area contributed by atoms with Gasteiger partial charge < -0.3 is 10.4 Å². The first kappa shape index (κ1) is 14.5. The Bertz CT molecular complexity index is 462. The maximum atomic E-state index is 11.8. The fraction of sp³-hybridized carbons (Fsp3) is 0.364. The summed E-state index contributed by atoms with van der Waals surface area (Å²) in [7, 11) is 0. The van der Waals surface area contributed by atoms with Gasteiger partial charge in [0, 0.05) is 17.5 Å². The van der Waals surface area contributed by atoms with Crippen molar-refractivity contribution in [2.45, 2.75) is 17.9 Å². The Morgan fingerprint density at radius 1 is 1.61 bits per heavy atom. The summed E-state index contributed by atoms with van der Waals surface area (Å²) in [5.74, 6) is -0.557. The molecule has 0 aliphatic rings. The lowest BCUT2D eigenvalue weighted by Crippen LogP contribution is -2.31. The van der Waals surface area contributed by atoms with Gasteiger partial charge in [-0.05, 0) is 25.3 Å². The number of nitrogens with one attached hydrogen (secondary N) is 1. The van der Waals surface area contributed by atoms with E-state index in [0.29, 0.717) is 0 Å². The zero-order chi connectivity index (χ0) is 13.7. The van der Waals surface area contributed by atoms with Crippen molar-refractivity contribution in [3.8, 4) is 0 Å². The number of rotatable bonds is 5. The molecule has 1 aromatic rings. The molecule has 7 heteroatoms. The second kappa shape index (κ2) is 6.36. The maximum Gasteiger partial charge on any atom is 0.282 e. The number of carbonyl (C=O) groups excluding carboxylic acids is 1. The highest BCUT2D eigenvalue weighted by atomic mass is 32.2. The molecule has 0 fully saturated rings. The molecule has 1 atom stereocenters. The van der Waals surface area contributed by atoms with Crippen molar-refractivity contribution in [1.29, 1.82) is 0 Å². The number of benzene rings is 1. The van der Waals surface area contributed by atoms with Gasteiger partial charge in [0.25, 0.3) is 11.6 Å². The molecule has 98 valence electrons. The molecule has 0 saturated carbocycles. The Morgan fingerprint density at radius 3 is 2.78 bits per heavy atom. The van der Waals surface area contributed by atoms with Crippen LogP contribution in [0.3, 0.4) is 0 Å². The van der Waals surface area contributed by atoms with Crippen LogP contribution in [0, 0.1) is 10.1 Å². The summed E-state index contributed by atoms with van der Waals surface area (Å²) >= 11 is 1.39. The van der Waals surface area contributed by atoms with Gasteiger partial charge in [0.2, 0.25) is 0 Å². The van der Waals surface area contributed by atoms with E-state index in [-0.39, 0.29) is 17.8 Å². The molecule has 0 bridgehead atoms. The lowest BCUT2D eigenvalue weighted by atomic mass is 10.1. The highest BCUT2D eigenvalue weighted by Crippen LogP contribution is 2.24. The lowest BCUT2D eigenvalue weighted by Gasteiger charge is -2.08. The highest BCUT2D eigenvalue weighted by molar-refractivity contribution is 7.98. The van der Waals surface area contributed by atoms with Crippen molar-refractivity contribution in [2.24, 2.45) is 0 Å². The number of aliphatic hydroxyl groups is 1. The third kappa shape index (κ3) is 3.71. The van der Waals surface area contributed by atoms with Gasteiger partial charge in [-0.1, -0.05) is 0 Å². The SMILES string of the molecule is CSc1ccc([N+](=O)[O-])c(C(=O)NCC(C)O)c1. The van der Waals surface area contributed by atoms with Gasteiger partial charge in [-0.2, -0.15) is 0 Å². The number of hydrogen-bond donors (Lipinski definition) is 2. The van der Waals surface area contributed by atoms with E-state index in [9.17, 15) is 14.9 Å². The monoisotopic (exact) mass is 270 g/mol. The number of aliphatic hydroxyl groups excluding tert-OH is 1. The number of nitro groups is 1. The molecular weight excluding hydrogens is 256 g/mol. The molecule has 6 nitrogen and oxygen atoms in total. The summed E-state index contributed by atoms with van der Waals surface area (Å²) < 4.78 is 0. The van der Waals surface area contributed by atoms with Gasteiger partial charge in [-0.15, -0.1) is 11.8 Å². The molecule has 1 unspecified atom stereocenters. The maximum absolute atomic E-state index is 11.8. The summed E-state index contributed by atoms with van der Waals surface area (Å²) in [5, 5.41) is 22.4. The molecule has 0 spiro atoms. The average Bonchev–Trinajstić information content (AvgIpc) is 2.34. The Kier molecular flexibility index (Phi) is 5.11. The third-order valence-corrected chi connectivity index (χ3v) is 2.93. The fourth-order valence-electron chi connectivity index (χ4n) is 1.32. The van der Waals surface area contributed by atoms with Crippen LogP contribution >= 0.6 is 11.8 Å². The van der Waals surface area contributed by atoms with E-state index in [0.717, 1.165) is 4.90 Å². The van der Waals surface area contributed by atoms with E-state index in [1.54, 1.807) is 6.07 Å². The van der Waals surface area contributed by atoms with E-state index in [4.69, 9.17) is 5.11 Å². The van der Waals surface area contributed by atoms with Gasteiger partial charge in [0.15, 0.2) is 0 Å². The average molecular weight is 270 g/mol. The predicted molar refractivity (Wildman–Crippen MR) is 68.9 cm³/mol. The Hall–Kier alpha value is -1.60. The number of nitrogens with zero attached hydrogens (tertiary/aromatic N) is 1. The van der Waals surface area contributed by atoms with Crippen LogP contribution in [0.4, 0.5) is 5.69 Å². The molecule has 0 aromatic heterocycles. The number of nitro benzene ring substituents is 1. The zero-order valence-corrected chi connectivity index (χ0v) is 10.9. The van der Waals surface area contributed by atoms with Crippen molar-refractivity contribution in [2.75, 3.05) is 12.8 Å². The highest BCUT2D eigenvalue weighted by Gasteiger charge is 2.20. The van der Waals surface area contributed by atoms with E-state index in [1.165, 1.54) is 30.8 Å². The summed E-state index contributed by atoms with van der Waals surface area (Å²) in [6, 6.07) is 4.37. The minimum absolute atomic E-state index is 0.00694. The van der Waals surface area contributed by atoms with E-state index >= 15 is 0 Å². The van der Waals surface area contributed by atoms with Crippen LogP contribution < -0.4 is 5.32 Å². The molecule has 18 heavy (non-hydrogen) atoms. The normalized spacial score (nSPS) is 11.9. The molecule has 1 amide bonds. The van der Waals surface area contributed by atoms with Gasteiger partial charge in [0.1, 0.15) is 5.56 Å². The Labute approximate surface area is 109 Å². The quantitative estimate of drug-likeness (QED) is 0.479. The first-order chi connectivity index (χ1) is 8.45. The second-order valence-electron chi connectivity index (χ2n) is 3.70. The van der Waals surface area contributed by atoms with Crippen LogP contribution in [0.5, 0.6) is 0 Å². The number of carbonyl (C=O) groups is 1. The first-order valence-electron chi connectivity index (χ1n) is 5.24. The Morgan fingerprint density at radius 2 is 2.28 bits per heavy atom. The molecule has 0 aliphatic heterocycles. The minimum Gasteiger partial charge on any atom is -0.392 e. The first-order valence-corrected chi connectivity index (χ1v) is 6.47. The van der Waals surface area contributed by atoms with Crippen molar-refractivity contribution < 1.29 is 14.8 Å². The van der Waals surface area contributed by atoms with Crippen molar-refractivity contribution in [1.82, 2.24) is 5.32 Å². The summed E-state index contributed by atoms with van der Waals surface area (Å²) in [6.07, 6.45) is 1.12. The van der Waals surface area contributed by atoms with Crippen LogP contribution in [0.25, 0.3) is 0 Å².